The lowest BCUT2D eigenvalue weighted by atomic mass is 10.00. The van der Waals surface area contributed by atoms with E-state index in [9.17, 15) is 13.2 Å². The van der Waals surface area contributed by atoms with Gasteiger partial charge in [-0.3, -0.25) is 14.1 Å². The molecule has 10 nitrogen and oxygen atoms in total. The van der Waals surface area contributed by atoms with E-state index >= 15 is 0 Å². The molecule has 11 heteroatoms. The standard InChI is InChI=1S/C32H29N5O5S/c1-18-8-10-19(11-9-18)31-29(32(38)33-2)21-15-20(26(17-28(21)42-31)37(3)43(5,39)40)22-12-13-27(41-4)30(36-22)25-16-24-23(35-25)7-6-14-34-24/h6-17,35H,1-5H3,(H,33,38). The van der Waals surface area contributed by atoms with Crippen LogP contribution in [0.3, 0.4) is 0 Å². The Balaban J connectivity index is 1.64. The molecule has 0 aliphatic carbocycles. The van der Waals surface area contributed by atoms with Gasteiger partial charge in [0.2, 0.25) is 10.0 Å². The molecule has 4 heterocycles. The zero-order valence-corrected chi connectivity index (χ0v) is 25.0. The molecule has 4 aromatic heterocycles. The average molecular weight is 596 g/mol. The van der Waals surface area contributed by atoms with Gasteiger partial charge in [0.25, 0.3) is 5.91 Å². The van der Waals surface area contributed by atoms with E-state index in [1.165, 1.54) is 11.4 Å². The van der Waals surface area contributed by atoms with Crippen LogP contribution >= 0.6 is 0 Å². The van der Waals surface area contributed by atoms with Crippen LogP contribution in [0.15, 0.2) is 77.3 Å². The number of sulfonamides is 1. The van der Waals surface area contributed by atoms with Crippen LogP contribution in [0.1, 0.15) is 15.9 Å². The van der Waals surface area contributed by atoms with Gasteiger partial charge in [0.05, 0.1) is 47.0 Å². The van der Waals surface area contributed by atoms with Crippen molar-refractivity contribution < 1.29 is 22.4 Å². The maximum absolute atomic E-state index is 13.3. The Labute approximate surface area is 248 Å². The lowest BCUT2D eigenvalue weighted by molar-refractivity contribution is 0.0964. The summed E-state index contributed by atoms with van der Waals surface area (Å²) in [4.78, 5) is 25.9. The number of aromatic nitrogens is 3. The minimum absolute atomic E-state index is 0.335. The molecule has 2 aromatic carbocycles. The molecular weight excluding hydrogens is 566 g/mol. The van der Waals surface area contributed by atoms with Gasteiger partial charge in [0, 0.05) is 42.9 Å². The lowest BCUT2D eigenvalue weighted by Crippen LogP contribution is -2.25. The summed E-state index contributed by atoms with van der Waals surface area (Å²) in [7, 11) is 0.900. The SMILES string of the molecule is CNC(=O)c1c(-c2ccc(C)cc2)oc2cc(N(C)S(C)(=O)=O)c(-c3ccc(OC)c(-c4cc5ncccc5[nH]4)n3)cc12. The van der Waals surface area contributed by atoms with Crippen molar-refractivity contribution in [2.45, 2.75) is 6.92 Å². The Bertz CT molecular complexity index is 2100. The molecular formula is C32H29N5O5S. The van der Waals surface area contributed by atoms with Crippen LogP contribution in [0.5, 0.6) is 5.75 Å². The lowest BCUT2D eigenvalue weighted by Gasteiger charge is -2.21. The predicted molar refractivity (Wildman–Crippen MR) is 168 cm³/mol. The number of nitrogens with one attached hydrogen (secondary N) is 2. The Morgan fingerprint density at radius 1 is 1.07 bits per heavy atom. The molecule has 1 amide bonds. The molecule has 0 unspecified atom stereocenters. The second-order valence-corrected chi connectivity index (χ2v) is 12.2. The first-order chi connectivity index (χ1) is 20.6. The summed E-state index contributed by atoms with van der Waals surface area (Å²) in [6, 6.07) is 20.2. The number of hydrogen-bond acceptors (Lipinski definition) is 7. The number of carbonyl (C=O) groups excluding carboxylic acids is 1. The van der Waals surface area contributed by atoms with Crippen LogP contribution in [0.25, 0.3) is 56.0 Å². The van der Waals surface area contributed by atoms with E-state index in [1.54, 1.807) is 44.6 Å². The normalized spacial score (nSPS) is 11.7. The van der Waals surface area contributed by atoms with Gasteiger partial charge in [-0.25, -0.2) is 13.4 Å². The highest BCUT2D eigenvalue weighted by atomic mass is 32.2. The highest BCUT2D eigenvalue weighted by Crippen LogP contribution is 2.42. The summed E-state index contributed by atoms with van der Waals surface area (Å²) in [6.45, 7) is 1.98. The fourth-order valence-electron chi connectivity index (χ4n) is 5.07. The zero-order chi connectivity index (χ0) is 30.5. The molecule has 2 N–H and O–H groups in total. The molecule has 0 aliphatic heterocycles. The monoisotopic (exact) mass is 595 g/mol. The summed E-state index contributed by atoms with van der Waals surface area (Å²) < 4.78 is 38.7. The summed E-state index contributed by atoms with van der Waals surface area (Å²) in [5.41, 5.74) is 6.58. The van der Waals surface area contributed by atoms with Gasteiger partial charge < -0.3 is 19.5 Å². The van der Waals surface area contributed by atoms with Crippen LogP contribution in [-0.4, -0.2) is 56.7 Å². The number of ether oxygens (including phenoxy) is 1. The first-order valence-electron chi connectivity index (χ1n) is 13.4. The van der Waals surface area contributed by atoms with E-state index in [2.05, 4.69) is 15.3 Å². The molecule has 0 bridgehead atoms. The van der Waals surface area contributed by atoms with Crippen molar-refractivity contribution in [3.05, 3.63) is 84.1 Å². The number of carbonyl (C=O) groups is 1. The molecule has 0 fully saturated rings. The van der Waals surface area contributed by atoms with E-state index in [0.29, 0.717) is 56.4 Å². The van der Waals surface area contributed by atoms with Crippen LogP contribution in [0.2, 0.25) is 0 Å². The topological polar surface area (TPSA) is 130 Å². The molecule has 218 valence electrons. The third-order valence-electron chi connectivity index (χ3n) is 7.41. The van der Waals surface area contributed by atoms with Crippen molar-refractivity contribution in [2.24, 2.45) is 0 Å². The van der Waals surface area contributed by atoms with Crippen LogP contribution in [-0.2, 0) is 10.0 Å². The van der Waals surface area contributed by atoms with Crippen molar-refractivity contribution in [3.63, 3.8) is 0 Å². The third kappa shape index (κ3) is 4.97. The quantitative estimate of drug-likeness (QED) is 0.239. The van der Waals surface area contributed by atoms with E-state index in [0.717, 1.165) is 28.4 Å². The maximum atomic E-state index is 13.3. The molecule has 0 radical (unpaired) electrons. The van der Waals surface area contributed by atoms with Gasteiger partial charge in [-0.2, -0.15) is 0 Å². The second kappa shape index (κ2) is 10.6. The maximum Gasteiger partial charge on any atom is 0.255 e. The molecule has 0 spiro atoms. The molecule has 0 saturated carbocycles. The van der Waals surface area contributed by atoms with E-state index in [-0.39, 0.29) is 5.91 Å². The number of anilines is 1. The number of fused-ring (bicyclic) bond motifs is 2. The Morgan fingerprint density at radius 2 is 1.84 bits per heavy atom. The van der Waals surface area contributed by atoms with Crippen molar-refractivity contribution in [1.82, 2.24) is 20.3 Å². The molecule has 43 heavy (non-hydrogen) atoms. The highest BCUT2D eigenvalue weighted by Gasteiger charge is 2.27. The molecule has 6 rings (SSSR count). The number of H-pyrrole nitrogens is 1. The number of amides is 1. The number of furan rings is 1. The van der Waals surface area contributed by atoms with Crippen molar-refractivity contribution in [1.29, 1.82) is 0 Å². The summed E-state index contributed by atoms with van der Waals surface area (Å²) >= 11 is 0. The van der Waals surface area contributed by atoms with Gasteiger partial charge in [0.15, 0.2) is 0 Å². The smallest absolute Gasteiger partial charge is 0.255 e. The number of nitrogens with zero attached hydrogens (tertiary/aromatic N) is 3. The number of hydrogen-bond donors (Lipinski definition) is 2. The van der Waals surface area contributed by atoms with Crippen molar-refractivity contribution >= 4 is 43.6 Å². The van der Waals surface area contributed by atoms with Crippen LogP contribution < -0.4 is 14.4 Å². The fourth-order valence-corrected chi connectivity index (χ4v) is 5.58. The van der Waals surface area contributed by atoms with Gasteiger partial charge >= 0.3 is 0 Å². The van der Waals surface area contributed by atoms with Crippen LogP contribution in [0, 0.1) is 6.92 Å². The Morgan fingerprint density at radius 3 is 2.51 bits per heavy atom. The average Bonchev–Trinajstić information content (AvgIpc) is 3.61. The fraction of sp³-hybridized carbons (Fsp3) is 0.156. The van der Waals surface area contributed by atoms with Gasteiger partial charge in [-0.15, -0.1) is 0 Å². The summed E-state index contributed by atoms with van der Waals surface area (Å²) in [6.07, 6.45) is 2.84. The number of methoxy groups -OCH3 is 1. The van der Waals surface area contributed by atoms with Gasteiger partial charge in [-0.05, 0) is 43.3 Å². The van der Waals surface area contributed by atoms with Crippen molar-refractivity contribution in [2.75, 3.05) is 31.8 Å². The second-order valence-electron chi connectivity index (χ2n) is 10.2. The summed E-state index contributed by atoms with van der Waals surface area (Å²) in [5, 5.41) is 3.23. The molecule has 0 saturated heterocycles. The highest BCUT2D eigenvalue weighted by molar-refractivity contribution is 7.92. The van der Waals surface area contributed by atoms with Gasteiger partial charge in [-0.1, -0.05) is 29.8 Å². The number of pyridine rings is 2. The first kappa shape index (κ1) is 28.0. The molecule has 6 aromatic rings. The zero-order valence-electron chi connectivity index (χ0n) is 24.2. The molecule has 0 atom stereocenters. The van der Waals surface area contributed by atoms with Gasteiger partial charge in [0.1, 0.15) is 22.8 Å². The van der Waals surface area contributed by atoms with Crippen LogP contribution in [0.4, 0.5) is 5.69 Å². The van der Waals surface area contributed by atoms with Crippen molar-refractivity contribution in [3.8, 4) is 39.7 Å². The largest absolute Gasteiger partial charge is 0.494 e. The molecule has 0 aliphatic rings. The third-order valence-corrected chi connectivity index (χ3v) is 8.60. The van der Waals surface area contributed by atoms with E-state index in [4.69, 9.17) is 14.1 Å². The first-order valence-corrected chi connectivity index (χ1v) is 15.3. The van der Waals surface area contributed by atoms with E-state index in [1.807, 2.05) is 49.4 Å². The number of aryl methyl sites for hydroxylation is 1. The minimum Gasteiger partial charge on any atom is -0.494 e. The predicted octanol–water partition coefficient (Wildman–Crippen LogP) is 5.78. The van der Waals surface area contributed by atoms with E-state index < -0.39 is 10.0 Å². The Kier molecular flexibility index (Phi) is 6.89. The summed E-state index contributed by atoms with van der Waals surface area (Å²) in [5.74, 6) is 0.567. The number of rotatable bonds is 7. The minimum atomic E-state index is -3.68. The Hall–Kier alpha value is -5.16. The number of aromatic amines is 1. The number of benzene rings is 2.